The van der Waals surface area contributed by atoms with Gasteiger partial charge < -0.3 is 20.1 Å². The molecule has 3 N–H and O–H groups in total. The summed E-state index contributed by atoms with van der Waals surface area (Å²) in [6.45, 7) is 3.66. The Bertz CT molecular complexity index is 835. The molecule has 0 aliphatic heterocycles. The Morgan fingerprint density at radius 1 is 0.638 bits per heavy atom. The van der Waals surface area contributed by atoms with Crippen molar-refractivity contribution in [3.63, 3.8) is 0 Å². The van der Waals surface area contributed by atoms with Gasteiger partial charge in [0.15, 0.2) is 6.10 Å². The first-order chi connectivity index (χ1) is 22.8. The van der Waals surface area contributed by atoms with Crippen LogP contribution in [0.1, 0.15) is 168 Å². The summed E-state index contributed by atoms with van der Waals surface area (Å²) in [7, 11) is -4.37. The highest BCUT2D eigenvalue weighted by atomic mass is 31.2. The van der Waals surface area contributed by atoms with Crippen molar-refractivity contribution >= 4 is 19.8 Å². The number of hydrogen-bond acceptors (Lipinski definition) is 8. The van der Waals surface area contributed by atoms with E-state index in [9.17, 15) is 19.0 Å². The predicted octanol–water partition coefficient (Wildman–Crippen LogP) is 10.0. The number of allylic oxidation sites excluding steroid dienone is 4. The summed E-state index contributed by atoms with van der Waals surface area (Å²) in [5.41, 5.74) is 5.32. The molecule has 0 heterocycles. The van der Waals surface area contributed by atoms with E-state index in [-0.39, 0.29) is 38.6 Å². The molecular formula is C37H70NO8P. The van der Waals surface area contributed by atoms with E-state index >= 15 is 0 Å². The molecule has 276 valence electrons. The van der Waals surface area contributed by atoms with Crippen LogP contribution in [-0.2, 0) is 32.7 Å². The summed E-state index contributed by atoms with van der Waals surface area (Å²) >= 11 is 0. The Morgan fingerprint density at radius 3 is 1.66 bits per heavy atom. The van der Waals surface area contributed by atoms with E-state index in [1.165, 1.54) is 83.5 Å². The predicted molar refractivity (Wildman–Crippen MR) is 192 cm³/mol. The van der Waals surface area contributed by atoms with Gasteiger partial charge in [-0.3, -0.25) is 18.6 Å². The van der Waals surface area contributed by atoms with Crippen LogP contribution in [0.5, 0.6) is 0 Å². The zero-order valence-electron chi connectivity index (χ0n) is 30.0. The third-order valence-corrected chi connectivity index (χ3v) is 8.82. The number of ether oxygens (including phenoxy) is 2. The van der Waals surface area contributed by atoms with Crippen LogP contribution in [-0.4, -0.2) is 49.3 Å². The van der Waals surface area contributed by atoms with Gasteiger partial charge in [-0.2, -0.15) is 0 Å². The Morgan fingerprint density at radius 2 is 1.11 bits per heavy atom. The zero-order valence-corrected chi connectivity index (χ0v) is 30.9. The van der Waals surface area contributed by atoms with Gasteiger partial charge in [0.25, 0.3) is 0 Å². The Balaban J connectivity index is 4.20. The summed E-state index contributed by atoms with van der Waals surface area (Å²) in [5, 5.41) is 0. The summed E-state index contributed by atoms with van der Waals surface area (Å²) in [6.07, 6.45) is 33.5. The smallest absolute Gasteiger partial charge is 0.462 e. The molecule has 0 aliphatic carbocycles. The molecule has 47 heavy (non-hydrogen) atoms. The fourth-order valence-corrected chi connectivity index (χ4v) is 5.78. The van der Waals surface area contributed by atoms with Gasteiger partial charge in [-0.15, -0.1) is 0 Å². The van der Waals surface area contributed by atoms with Crippen LogP contribution in [0.4, 0.5) is 0 Å². The summed E-state index contributed by atoms with van der Waals surface area (Å²) in [6, 6.07) is 0. The van der Waals surface area contributed by atoms with Crippen molar-refractivity contribution in [2.75, 3.05) is 26.4 Å². The molecule has 0 rings (SSSR count). The topological polar surface area (TPSA) is 134 Å². The Labute approximate surface area is 287 Å². The highest BCUT2D eigenvalue weighted by Gasteiger charge is 2.25. The van der Waals surface area contributed by atoms with Crippen molar-refractivity contribution in [2.45, 2.75) is 174 Å². The third kappa shape index (κ3) is 34.2. The second-order valence-corrected chi connectivity index (χ2v) is 13.9. The zero-order chi connectivity index (χ0) is 34.7. The van der Waals surface area contributed by atoms with Gasteiger partial charge in [-0.1, -0.05) is 134 Å². The maximum Gasteiger partial charge on any atom is 0.472 e. The number of carbonyl (C=O) groups is 2. The lowest BCUT2D eigenvalue weighted by Gasteiger charge is -2.19. The molecule has 10 heteroatoms. The molecule has 0 spiro atoms. The number of unbranched alkanes of at least 4 members (excludes halogenated alkanes) is 18. The molecule has 0 aliphatic rings. The standard InChI is InChI=1S/C37H70NO8P/c1-3-5-7-9-11-13-14-15-16-17-18-19-20-22-24-26-28-30-37(40)46-35(34-45-47(41,42)44-32-31-38)33-43-36(39)29-27-25-23-21-12-10-8-6-4-2/h11,13,15-16,35H,3-10,12,14,17-34,38H2,1-2H3,(H,41,42)/b13-11+,16-15+/t35-/m1/s1. The van der Waals surface area contributed by atoms with Crippen molar-refractivity contribution in [1.29, 1.82) is 0 Å². The molecule has 0 aromatic rings. The molecule has 0 fully saturated rings. The van der Waals surface area contributed by atoms with E-state index in [2.05, 4.69) is 38.2 Å². The Kier molecular flexibility index (Phi) is 33.3. The quantitative estimate of drug-likeness (QED) is 0.0289. The minimum absolute atomic E-state index is 0.0531. The van der Waals surface area contributed by atoms with Gasteiger partial charge in [0.05, 0.1) is 13.2 Å². The maximum atomic E-state index is 12.5. The molecule has 0 amide bonds. The molecule has 0 bridgehead atoms. The monoisotopic (exact) mass is 687 g/mol. The fourth-order valence-electron chi connectivity index (χ4n) is 5.02. The number of carbonyl (C=O) groups excluding carboxylic acids is 2. The largest absolute Gasteiger partial charge is 0.472 e. The number of phosphoric ester groups is 1. The van der Waals surface area contributed by atoms with E-state index in [0.29, 0.717) is 6.42 Å². The number of rotatable bonds is 35. The second-order valence-electron chi connectivity index (χ2n) is 12.4. The van der Waals surface area contributed by atoms with E-state index in [0.717, 1.165) is 51.4 Å². The molecule has 0 saturated carbocycles. The van der Waals surface area contributed by atoms with Gasteiger partial charge in [-0.25, -0.2) is 4.57 Å². The second kappa shape index (κ2) is 34.4. The van der Waals surface area contributed by atoms with Gasteiger partial charge in [-0.05, 0) is 44.9 Å². The number of nitrogens with two attached hydrogens (primary N) is 1. The first-order valence-electron chi connectivity index (χ1n) is 18.8. The van der Waals surface area contributed by atoms with E-state index < -0.39 is 26.5 Å². The number of esters is 2. The van der Waals surface area contributed by atoms with E-state index in [4.69, 9.17) is 24.3 Å². The molecule has 1 unspecified atom stereocenters. The molecule has 0 aromatic heterocycles. The first kappa shape index (κ1) is 45.5. The van der Waals surface area contributed by atoms with E-state index in [1.807, 2.05) is 0 Å². The highest BCUT2D eigenvalue weighted by molar-refractivity contribution is 7.47. The average Bonchev–Trinajstić information content (AvgIpc) is 3.05. The SMILES string of the molecule is CCCCC/C=C/C/C=C/CCCCCCCCCC(=O)O[C@H](COC(=O)CCCCCCCCCCC)COP(=O)(O)OCCN. The van der Waals surface area contributed by atoms with Gasteiger partial charge in [0, 0.05) is 19.4 Å². The highest BCUT2D eigenvalue weighted by Crippen LogP contribution is 2.43. The van der Waals surface area contributed by atoms with Crippen molar-refractivity contribution in [1.82, 2.24) is 0 Å². The van der Waals surface area contributed by atoms with Crippen LogP contribution < -0.4 is 5.73 Å². The van der Waals surface area contributed by atoms with Crippen molar-refractivity contribution in [3.8, 4) is 0 Å². The average molecular weight is 688 g/mol. The number of phosphoric acid groups is 1. The van der Waals surface area contributed by atoms with Crippen LogP contribution in [0.25, 0.3) is 0 Å². The van der Waals surface area contributed by atoms with Crippen LogP contribution in [0.15, 0.2) is 24.3 Å². The summed E-state index contributed by atoms with van der Waals surface area (Å²) in [4.78, 5) is 34.6. The third-order valence-electron chi connectivity index (χ3n) is 7.84. The lowest BCUT2D eigenvalue weighted by molar-refractivity contribution is -0.161. The van der Waals surface area contributed by atoms with Crippen LogP contribution in [0.2, 0.25) is 0 Å². The van der Waals surface area contributed by atoms with Gasteiger partial charge in [0.1, 0.15) is 6.61 Å². The number of hydrogen-bond donors (Lipinski definition) is 2. The molecule has 0 aromatic carbocycles. The summed E-state index contributed by atoms with van der Waals surface area (Å²) in [5.74, 6) is -0.839. The normalized spacial score (nSPS) is 13.7. The maximum absolute atomic E-state index is 12.5. The minimum Gasteiger partial charge on any atom is -0.462 e. The summed E-state index contributed by atoms with van der Waals surface area (Å²) < 4.78 is 32.6. The van der Waals surface area contributed by atoms with Gasteiger partial charge >= 0.3 is 19.8 Å². The fraction of sp³-hybridized carbons (Fsp3) is 0.838. The lowest BCUT2D eigenvalue weighted by atomic mass is 10.1. The van der Waals surface area contributed by atoms with Crippen LogP contribution >= 0.6 is 7.82 Å². The van der Waals surface area contributed by atoms with Crippen LogP contribution in [0.3, 0.4) is 0 Å². The molecular weight excluding hydrogens is 617 g/mol. The van der Waals surface area contributed by atoms with Crippen molar-refractivity contribution in [3.05, 3.63) is 24.3 Å². The van der Waals surface area contributed by atoms with Crippen molar-refractivity contribution in [2.24, 2.45) is 5.73 Å². The van der Waals surface area contributed by atoms with E-state index in [1.54, 1.807) is 0 Å². The van der Waals surface area contributed by atoms with Crippen molar-refractivity contribution < 1.29 is 37.6 Å². The first-order valence-corrected chi connectivity index (χ1v) is 20.3. The molecule has 9 nitrogen and oxygen atoms in total. The van der Waals surface area contributed by atoms with Crippen LogP contribution in [0, 0.1) is 0 Å². The molecule has 0 saturated heterocycles. The minimum atomic E-state index is -4.37. The molecule has 2 atom stereocenters. The molecule has 0 radical (unpaired) electrons. The van der Waals surface area contributed by atoms with Gasteiger partial charge in [0.2, 0.25) is 0 Å². The Hall–Kier alpha value is -1.51. The lowest BCUT2D eigenvalue weighted by Crippen LogP contribution is -2.29.